The number of hydrogen-bond donors (Lipinski definition) is 0. The predicted molar refractivity (Wildman–Crippen MR) is 126 cm³/mol. The second-order valence-corrected chi connectivity index (χ2v) is 12.6. The number of nitrogens with zero attached hydrogens (tertiary/aromatic N) is 2. The third-order valence-corrected chi connectivity index (χ3v) is 2.27. The quantitative estimate of drug-likeness (QED) is 0.151. The van der Waals surface area contributed by atoms with Crippen LogP contribution in [0.15, 0.2) is 46.6 Å². The van der Waals surface area contributed by atoms with E-state index in [0.29, 0.717) is 0 Å². The van der Waals surface area contributed by atoms with Crippen molar-refractivity contribution in [1.29, 1.82) is 0 Å². The fourth-order valence-corrected chi connectivity index (χ4v) is 1.34. The zero-order valence-electron chi connectivity index (χ0n) is 18.4. The van der Waals surface area contributed by atoms with E-state index in [4.69, 9.17) is 0 Å². The average Bonchev–Trinajstić information content (AvgIpc) is 2.63. The van der Waals surface area contributed by atoms with Gasteiger partial charge < -0.3 is 7.43 Å². The molecule has 0 aromatic heterocycles. The van der Waals surface area contributed by atoms with Crippen LogP contribution in [0.1, 0.15) is 11.1 Å². The first kappa shape index (κ1) is 33.5. The van der Waals surface area contributed by atoms with Gasteiger partial charge in [-0.15, -0.1) is 24.3 Å². The molecule has 0 bridgehead atoms. The van der Waals surface area contributed by atoms with Crippen LogP contribution in [-0.2, 0) is 16.2 Å². The summed E-state index contributed by atoms with van der Waals surface area (Å²) in [5.74, 6) is -1.98. The van der Waals surface area contributed by atoms with E-state index in [2.05, 4.69) is 72.4 Å². The van der Waals surface area contributed by atoms with Gasteiger partial charge >= 0.3 is 19.8 Å². The van der Waals surface area contributed by atoms with Crippen LogP contribution in [0, 0.1) is 30.9 Å². The molecule has 170 valence electrons. The van der Waals surface area contributed by atoms with Crippen LogP contribution < -0.4 is 0 Å². The third-order valence-electron chi connectivity index (χ3n) is 2.27. The summed E-state index contributed by atoms with van der Waals surface area (Å²) in [5.41, 5.74) is -0.175. The topological polar surface area (TPSA) is 24.7 Å². The van der Waals surface area contributed by atoms with E-state index in [0.717, 1.165) is 24.6 Å². The zero-order valence-corrected chi connectivity index (χ0v) is 21.4. The molecule has 0 heterocycles. The first-order valence-corrected chi connectivity index (χ1v) is 14.9. The van der Waals surface area contributed by atoms with Crippen LogP contribution in [-0.4, -0.2) is 52.4 Å². The molecular formula is C21H31CoF4N2P2+2. The molecular weight excluding hydrogens is 477 g/mol. The second-order valence-electron chi connectivity index (χ2n) is 6.56. The number of benzene rings is 2. The minimum atomic E-state index is -0.739. The van der Waals surface area contributed by atoms with Gasteiger partial charge in [-0.3, -0.25) is 4.39 Å². The van der Waals surface area contributed by atoms with Crippen LogP contribution in [0.25, 0.3) is 0 Å². The van der Waals surface area contributed by atoms with Crippen LogP contribution in [0.3, 0.4) is 0 Å². The van der Waals surface area contributed by atoms with Crippen molar-refractivity contribution in [2.24, 2.45) is 10.2 Å². The van der Waals surface area contributed by atoms with Gasteiger partial charge in [-0.05, 0) is 34.2 Å². The Labute approximate surface area is 189 Å². The standard InChI is InChI=1S/C14H8F3N2.2C3H9P.CH3.Co.FH/c15-12-5-2-1-4-10(12)8-18-19-9-11-13(16)6-3-7-14(11)17;2*1-4(2)3;;;/h1-3,5-9H;2*1-3H3;1H3;;1H/q-1;;;-1;+3;/p+1/b18-8+,19-9+;;;;;. The van der Waals surface area contributed by atoms with Gasteiger partial charge in [0.05, 0.1) is 11.8 Å². The fraction of sp³-hybridized carbons (Fsp3) is 0.286. The molecule has 0 amide bonds. The van der Waals surface area contributed by atoms with Crippen LogP contribution in [0.2, 0.25) is 0 Å². The Balaban J connectivity index is -0.000000563. The Hall–Kier alpha value is -1.13. The zero-order chi connectivity index (χ0) is 22.8. The first-order valence-electron chi connectivity index (χ1n) is 8.47. The SMILES string of the molecule is C[PH+](C)C.C[PH+](C)C.Fc1ccc[c-]c1/C=N/N=C/c1c(F)cccc1F.[CH3-].[F][Co+2]. The van der Waals surface area contributed by atoms with Gasteiger partial charge in [0.25, 0.3) is 0 Å². The molecule has 9 heteroatoms. The molecule has 0 aliphatic heterocycles. The summed E-state index contributed by atoms with van der Waals surface area (Å²) in [6.07, 6.45) is 2.05. The Morgan fingerprint density at radius 2 is 1.17 bits per heavy atom. The van der Waals surface area contributed by atoms with Gasteiger partial charge in [0.15, 0.2) is 0 Å². The molecule has 0 N–H and O–H groups in total. The van der Waals surface area contributed by atoms with Crippen molar-refractivity contribution in [2.75, 3.05) is 40.0 Å². The monoisotopic (exact) mass is 508 g/mol. The third kappa shape index (κ3) is 18.9. The van der Waals surface area contributed by atoms with Crippen molar-refractivity contribution in [3.8, 4) is 0 Å². The molecule has 0 fully saturated rings. The van der Waals surface area contributed by atoms with E-state index in [1.807, 2.05) is 0 Å². The molecule has 0 atom stereocenters. The van der Waals surface area contributed by atoms with Crippen molar-refractivity contribution >= 4 is 28.3 Å². The Morgan fingerprint density at radius 1 is 0.767 bits per heavy atom. The van der Waals surface area contributed by atoms with Gasteiger partial charge in [-0.2, -0.15) is 5.10 Å². The molecule has 0 radical (unpaired) electrons. The summed E-state index contributed by atoms with van der Waals surface area (Å²) in [7, 11) is 0.241. The van der Waals surface area contributed by atoms with E-state index in [1.54, 1.807) is 0 Å². The van der Waals surface area contributed by atoms with Crippen molar-refractivity contribution in [3.63, 3.8) is 0 Å². The Morgan fingerprint density at radius 3 is 1.60 bits per heavy atom. The molecule has 0 saturated heterocycles. The molecule has 0 saturated carbocycles. The summed E-state index contributed by atoms with van der Waals surface area (Å²) in [6.45, 7) is 13.6. The molecule has 30 heavy (non-hydrogen) atoms. The summed E-state index contributed by atoms with van der Waals surface area (Å²) in [4.78, 5) is 0. The molecule has 2 rings (SSSR count). The second kappa shape index (κ2) is 21.1. The van der Waals surface area contributed by atoms with Crippen LogP contribution in [0.4, 0.5) is 16.8 Å². The molecule has 2 nitrogen and oxygen atoms in total. The number of hydrogen-bond acceptors (Lipinski definition) is 2. The fourth-order valence-electron chi connectivity index (χ4n) is 1.34. The number of halogens is 4. The molecule has 2 aromatic carbocycles. The first-order chi connectivity index (χ1) is 13.6. The van der Waals surface area contributed by atoms with Gasteiger partial charge in [-0.1, -0.05) is 11.6 Å². The van der Waals surface area contributed by atoms with Gasteiger partial charge in [0.1, 0.15) is 11.6 Å². The molecule has 0 aliphatic rings. The van der Waals surface area contributed by atoms with Crippen molar-refractivity contribution in [1.82, 2.24) is 0 Å². The Bertz CT molecular complexity index is 711. The van der Waals surface area contributed by atoms with E-state index in [9.17, 15) is 16.8 Å². The van der Waals surface area contributed by atoms with E-state index >= 15 is 0 Å². The normalized spacial score (nSPS) is 9.90. The molecule has 2 aromatic rings. The summed E-state index contributed by atoms with van der Waals surface area (Å²) >= 11 is 2.06. The molecule has 0 spiro atoms. The van der Waals surface area contributed by atoms with Crippen molar-refractivity contribution < 1.29 is 32.9 Å². The maximum atomic E-state index is 13.2. The summed E-state index contributed by atoms with van der Waals surface area (Å²) in [6, 6.07) is 10.3. The average molecular weight is 508 g/mol. The number of rotatable bonds is 3. The van der Waals surface area contributed by atoms with Crippen LogP contribution >= 0.6 is 15.8 Å². The Kier molecular flexibility index (Phi) is 23.6. The maximum absolute atomic E-state index is 13.2. The predicted octanol–water partition coefficient (Wildman–Crippen LogP) is 6.41. The van der Waals surface area contributed by atoms with Crippen molar-refractivity contribution in [2.45, 2.75) is 0 Å². The van der Waals surface area contributed by atoms with Gasteiger partial charge in [0.2, 0.25) is 0 Å². The van der Waals surface area contributed by atoms with Crippen LogP contribution in [0.5, 0.6) is 0 Å². The van der Waals surface area contributed by atoms with E-state index in [-0.39, 0.29) is 34.4 Å². The van der Waals surface area contributed by atoms with E-state index < -0.39 is 17.5 Å². The minimum absolute atomic E-state index is 0. The van der Waals surface area contributed by atoms with Gasteiger partial charge in [0, 0.05) is 45.8 Å². The van der Waals surface area contributed by atoms with E-state index in [1.165, 1.54) is 24.3 Å². The van der Waals surface area contributed by atoms with Gasteiger partial charge in [-0.25, -0.2) is 13.9 Å². The molecule has 0 aliphatic carbocycles. The molecule has 0 unspecified atom stereocenters. The summed E-state index contributed by atoms with van der Waals surface area (Å²) in [5, 5.41) is 7.00. The summed E-state index contributed by atoms with van der Waals surface area (Å²) < 4.78 is 48.8. The van der Waals surface area contributed by atoms with Crippen molar-refractivity contribution in [3.05, 3.63) is 78.5 Å².